The summed E-state index contributed by atoms with van der Waals surface area (Å²) < 4.78 is 3.32. The van der Waals surface area contributed by atoms with E-state index in [0.29, 0.717) is 18.1 Å². The average Bonchev–Trinajstić information content (AvgIpc) is 3.40. The molecule has 9 nitrogen and oxygen atoms in total. The van der Waals surface area contributed by atoms with Gasteiger partial charge in [0.25, 0.3) is 5.91 Å². The van der Waals surface area contributed by atoms with Crippen molar-refractivity contribution in [1.82, 2.24) is 40.3 Å². The Bertz CT molecular complexity index is 1200. The smallest absolute Gasteiger partial charge is 0.291 e. The van der Waals surface area contributed by atoms with E-state index in [0.717, 1.165) is 16.1 Å². The predicted molar refractivity (Wildman–Crippen MR) is 110 cm³/mol. The first-order valence-electron chi connectivity index (χ1n) is 9.44. The summed E-state index contributed by atoms with van der Waals surface area (Å²) in [5.41, 5.74) is 3.19. The number of rotatable bonds is 4. The molecule has 30 heavy (non-hydrogen) atoms. The maximum atomic E-state index is 12.8. The van der Waals surface area contributed by atoms with Crippen molar-refractivity contribution in [3.05, 3.63) is 77.6 Å². The Balaban J connectivity index is 1.33. The lowest BCUT2D eigenvalue weighted by Crippen LogP contribution is -2.32. The Kier molecular flexibility index (Phi) is 4.75. The molecule has 0 bridgehead atoms. The lowest BCUT2D eigenvalue weighted by molar-refractivity contribution is 0.0928. The fourth-order valence-corrected chi connectivity index (χ4v) is 4.32. The third kappa shape index (κ3) is 3.57. The van der Waals surface area contributed by atoms with Gasteiger partial charge >= 0.3 is 0 Å². The summed E-state index contributed by atoms with van der Waals surface area (Å²) in [4.78, 5) is 18.0. The van der Waals surface area contributed by atoms with Crippen LogP contribution in [0.15, 0.2) is 59.8 Å². The lowest BCUT2D eigenvalue weighted by atomic mass is 10.1. The quantitative estimate of drug-likeness (QED) is 0.542. The van der Waals surface area contributed by atoms with Gasteiger partial charge in [0.05, 0.1) is 12.2 Å². The van der Waals surface area contributed by atoms with Crippen LogP contribution in [-0.4, -0.2) is 46.6 Å². The molecule has 10 heteroatoms. The van der Waals surface area contributed by atoms with Crippen LogP contribution in [0.1, 0.15) is 33.6 Å². The van der Waals surface area contributed by atoms with Crippen molar-refractivity contribution in [2.24, 2.45) is 0 Å². The SMILES string of the molecule is Cc1ccc(Cn2cnc(C(=O)N[C@H]3CSc4ccccc4-n4nnnc43)n2)cc1. The number of thioether (sulfide) groups is 1. The molecule has 1 aliphatic heterocycles. The van der Waals surface area contributed by atoms with Gasteiger partial charge in [-0.3, -0.25) is 4.79 Å². The molecule has 2 aromatic carbocycles. The number of hydrogen-bond donors (Lipinski definition) is 1. The van der Waals surface area contributed by atoms with Crippen LogP contribution in [0.25, 0.3) is 5.69 Å². The largest absolute Gasteiger partial charge is 0.338 e. The van der Waals surface area contributed by atoms with Gasteiger partial charge in [-0.15, -0.1) is 22.0 Å². The summed E-state index contributed by atoms with van der Waals surface area (Å²) in [7, 11) is 0. The molecule has 0 fully saturated rings. The number of aromatic nitrogens is 7. The second-order valence-electron chi connectivity index (χ2n) is 7.01. The van der Waals surface area contributed by atoms with Gasteiger partial charge in [-0.25, -0.2) is 9.67 Å². The van der Waals surface area contributed by atoms with Crippen molar-refractivity contribution in [2.75, 3.05) is 5.75 Å². The molecule has 5 rings (SSSR count). The van der Waals surface area contributed by atoms with Crippen molar-refractivity contribution in [2.45, 2.75) is 24.4 Å². The summed E-state index contributed by atoms with van der Waals surface area (Å²) in [5, 5.41) is 19.3. The first-order chi connectivity index (χ1) is 14.7. The summed E-state index contributed by atoms with van der Waals surface area (Å²) in [6, 6.07) is 15.7. The van der Waals surface area contributed by atoms with E-state index in [4.69, 9.17) is 0 Å². The van der Waals surface area contributed by atoms with Gasteiger partial charge in [0.1, 0.15) is 12.4 Å². The second-order valence-corrected chi connectivity index (χ2v) is 8.07. The van der Waals surface area contributed by atoms with Crippen LogP contribution in [-0.2, 0) is 6.54 Å². The highest BCUT2D eigenvalue weighted by molar-refractivity contribution is 7.99. The number of aryl methyl sites for hydroxylation is 1. The third-order valence-corrected chi connectivity index (χ3v) is 5.97. The number of benzene rings is 2. The molecule has 0 aliphatic carbocycles. The molecule has 3 heterocycles. The Morgan fingerprint density at radius 3 is 2.90 bits per heavy atom. The molecule has 0 radical (unpaired) electrons. The van der Waals surface area contributed by atoms with Crippen molar-refractivity contribution in [1.29, 1.82) is 0 Å². The molecule has 0 spiro atoms. The number of carbonyl (C=O) groups is 1. The molecule has 1 amide bonds. The minimum Gasteiger partial charge on any atom is -0.338 e. The van der Waals surface area contributed by atoms with Gasteiger partial charge in [-0.05, 0) is 35.0 Å². The van der Waals surface area contributed by atoms with Gasteiger partial charge in [0.15, 0.2) is 5.82 Å². The van der Waals surface area contributed by atoms with E-state index in [9.17, 15) is 4.79 Å². The zero-order valence-electron chi connectivity index (χ0n) is 16.1. The molecule has 150 valence electrons. The number of carbonyl (C=O) groups excluding carboxylic acids is 1. The minimum atomic E-state index is -0.367. The van der Waals surface area contributed by atoms with Crippen LogP contribution < -0.4 is 5.32 Å². The van der Waals surface area contributed by atoms with E-state index in [1.165, 1.54) is 5.56 Å². The van der Waals surface area contributed by atoms with E-state index in [1.807, 2.05) is 55.5 Å². The fourth-order valence-electron chi connectivity index (χ4n) is 3.27. The van der Waals surface area contributed by atoms with E-state index >= 15 is 0 Å². The zero-order valence-corrected chi connectivity index (χ0v) is 17.0. The number of para-hydroxylation sites is 1. The van der Waals surface area contributed by atoms with Gasteiger partial charge in [-0.1, -0.05) is 42.0 Å². The Morgan fingerprint density at radius 1 is 1.20 bits per heavy atom. The monoisotopic (exact) mass is 418 g/mol. The van der Waals surface area contributed by atoms with Crippen LogP contribution in [0.4, 0.5) is 0 Å². The van der Waals surface area contributed by atoms with Crippen LogP contribution in [0.3, 0.4) is 0 Å². The number of amides is 1. The first-order valence-corrected chi connectivity index (χ1v) is 10.4. The highest BCUT2D eigenvalue weighted by atomic mass is 32.2. The van der Waals surface area contributed by atoms with Crippen LogP contribution in [0.2, 0.25) is 0 Å². The molecular formula is C20H18N8OS. The summed E-state index contributed by atoms with van der Waals surface area (Å²) in [6.07, 6.45) is 1.57. The van der Waals surface area contributed by atoms with Crippen LogP contribution in [0.5, 0.6) is 0 Å². The fraction of sp³-hybridized carbons (Fsp3) is 0.200. The molecule has 0 saturated heterocycles. The van der Waals surface area contributed by atoms with Crippen LogP contribution in [0, 0.1) is 6.92 Å². The van der Waals surface area contributed by atoms with Crippen molar-refractivity contribution < 1.29 is 4.79 Å². The first kappa shape index (κ1) is 18.5. The number of nitrogens with zero attached hydrogens (tertiary/aromatic N) is 7. The lowest BCUT2D eigenvalue weighted by Gasteiger charge is -2.13. The van der Waals surface area contributed by atoms with Crippen molar-refractivity contribution >= 4 is 17.7 Å². The number of nitrogens with one attached hydrogen (secondary N) is 1. The van der Waals surface area contributed by atoms with Gasteiger partial charge in [0, 0.05) is 10.6 Å². The molecule has 2 aromatic heterocycles. The molecule has 1 N–H and O–H groups in total. The standard InChI is InChI=1S/C20H18N8OS/c1-13-6-8-14(9-7-13)10-27-12-21-18(24-27)20(29)22-15-11-30-17-5-3-2-4-16(17)28-19(15)23-25-26-28/h2-9,12,15H,10-11H2,1H3,(H,22,29)/t15-/m0/s1. The summed E-state index contributed by atoms with van der Waals surface area (Å²) in [5.74, 6) is 0.948. The Labute approximate surface area is 176 Å². The molecule has 1 aliphatic rings. The zero-order chi connectivity index (χ0) is 20.5. The predicted octanol–water partition coefficient (Wildman–Crippen LogP) is 2.19. The Hall–Kier alpha value is -3.53. The van der Waals surface area contributed by atoms with E-state index in [-0.39, 0.29) is 17.8 Å². The topological polar surface area (TPSA) is 103 Å². The number of hydrogen-bond acceptors (Lipinski definition) is 7. The van der Waals surface area contributed by atoms with Crippen molar-refractivity contribution in [3.8, 4) is 5.69 Å². The average molecular weight is 418 g/mol. The third-order valence-electron chi connectivity index (χ3n) is 4.81. The normalized spacial score (nSPS) is 15.2. The summed E-state index contributed by atoms with van der Waals surface area (Å²) >= 11 is 1.63. The van der Waals surface area contributed by atoms with E-state index in [2.05, 4.69) is 30.9 Å². The number of fused-ring (bicyclic) bond motifs is 3. The van der Waals surface area contributed by atoms with Crippen molar-refractivity contribution in [3.63, 3.8) is 0 Å². The highest BCUT2D eigenvalue weighted by Gasteiger charge is 2.28. The number of tetrazole rings is 1. The van der Waals surface area contributed by atoms with Gasteiger partial charge in [-0.2, -0.15) is 4.68 Å². The molecule has 0 saturated carbocycles. The van der Waals surface area contributed by atoms with E-state index < -0.39 is 0 Å². The maximum absolute atomic E-state index is 12.8. The van der Waals surface area contributed by atoms with Crippen LogP contribution >= 0.6 is 11.8 Å². The molecule has 0 unspecified atom stereocenters. The molecular weight excluding hydrogens is 400 g/mol. The second kappa shape index (κ2) is 7.71. The Morgan fingerprint density at radius 2 is 2.03 bits per heavy atom. The minimum absolute atomic E-state index is 0.118. The highest BCUT2D eigenvalue weighted by Crippen LogP contribution is 2.33. The summed E-state index contributed by atoms with van der Waals surface area (Å²) in [6.45, 7) is 2.59. The maximum Gasteiger partial charge on any atom is 0.291 e. The molecule has 4 aromatic rings. The van der Waals surface area contributed by atoms with E-state index in [1.54, 1.807) is 27.5 Å². The molecule has 1 atom stereocenters. The van der Waals surface area contributed by atoms with Gasteiger partial charge in [0.2, 0.25) is 5.82 Å². The van der Waals surface area contributed by atoms with Gasteiger partial charge < -0.3 is 5.32 Å².